The first-order valence-electron chi connectivity index (χ1n) is 4.91. The van der Waals surface area contributed by atoms with Gasteiger partial charge in [-0.2, -0.15) is 0 Å². The van der Waals surface area contributed by atoms with Crippen LogP contribution in [0.25, 0.3) is 0 Å². The first-order valence-corrected chi connectivity index (χ1v) is 4.91. The summed E-state index contributed by atoms with van der Waals surface area (Å²) in [5.74, 6) is 0. The van der Waals surface area contributed by atoms with Gasteiger partial charge in [-0.25, -0.2) is 0 Å². The number of aliphatic hydroxyl groups is 2. The van der Waals surface area contributed by atoms with Crippen molar-refractivity contribution in [3.8, 4) is 0 Å². The molecule has 0 saturated carbocycles. The Bertz CT molecular complexity index is 418. The molecule has 0 aliphatic rings. The van der Waals surface area contributed by atoms with Crippen molar-refractivity contribution in [1.82, 2.24) is 0 Å². The normalized spacial score (nSPS) is 12.8. The van der Waals surface area contributed by atoms with Crippen LogP contribution in [0.1, 0.15) is 11.7 Å². The molecule has 0 saturated heterocycles. The van der Waals surface area contributed by atoms with Gasteiger partial charge in [0.15, 0.2) is 0 Å². The van der Waals surface area contributed by atoms with Crippen LogP contribution in [0.15, 0.2) is 24.3 Å². The molecule has 0 radical (unpaired) electrons. The second kappa shape index (κ2) is 7.92. The lowest BCUT2D eigenvalue weighted by Gasteiger charge is -2.16. The first-order chi connectivity index (χ1) is 8.79. The van der Waals surface area contributed by atoms with E-state index >= 15 is 0 Å². The molecule has 1 aromatic rings. The van der Waals surface area contributed by atoms with E-state index in [1.54, 1.807) is 0 Å². The lowest BCUT2D eigenvalue weighted by molar-refractivity contribution is -0.742. The van der Waals surface area contributed by atoms with Crippen molar-refractivity contribution in [2.24, 2.45) is 5.73 Å². The van der Waals surface area contributed by atoms with E-state index in [2.05, 4.69) is 0 Å². The van der Waals surface area contributed by atoms with Crippen molar-refractivity contribution in [3.05, 3.63) is 50.1 Å². The van der Waals surface area contributed by atoms with Crippen molar-refractivity contribution in [2.75, 3.05) is 6.61 Å². The quantitative estimate of drug-likeness (QED) is 0.424. The summed E-state index contributed by atoms with van der Waals surface area (Å²) in [7, 11) is 0. The molecule has 19 heavy (non-hydrogen) atoms. The van der Waals surface area contributed by atoms with Gasteiger partial charge in [0.2, 0.25) is 0 Å². The third-order valence-corrected chi connectivity index (χ3v) is 2.06. The number of nitro groups is 1. The van der Waals surface area contributed by atoms with E-state index in [4.69, 9.17) is 26.2 Å². The van der Waals surface area contributed by atoms with Gasteiger partial charge in [-0.3, -0.25) is 10.1 Å². The molecule has 0 heterocycles. The van der Waals surface area contributed by atoms with Crippen LogP contribution in [0.4, 0.5) is 5.69 Å². The maximum Gasteiger partial charge on any atom is 0.291 e. The molecule has 0 unspecified atom stereocenters. The molecule has 0 spiro atoms. The third-order valence-electron chi connectivity index (χ3n) is 2.06. The van der Waals surface area contributed by atoms with Crippen LogP contribution in [0, 0.1) is 20.2 Å². The lowest BCUT2D eigenvalue weighted by atomic mass is 10.0. The fourth-order valence-corrected chi connectivity index (χ4v) is 1.14. The van der Waals surface area contributed by atoms with E-state index in [0.29, 0.717) is 5.56 Å². The molecule has 0 aromatic heterocycles. The molecule has 0 aliphatic carbocycles. The maximum atomic E-state index is 10.4. The molecular formula is C9H13N3O7. The second-order valence-corrected chi connectivity index (χ2v) is 3.38. The minimum Gasteiger partial charge on any atom is -0.395 e. The molecule has 0 bridgehead atoms. The predicted octanol–water partition coefficient (Wildman–Crippen LogP) is -0.400. The van der Waals surface area contributed by atoms with E-state index < -0.39 is 22.2 Å². The van der Waals surface area contributed by atoms with Crippen LogP contribution in [-0.4, -0.2) is 38.1 Å². The van der Waals surface area contributed by atoms with Gasteiger partial charge >= 0.3 is 0 Å². The van der Waals surface area contributed by atoms with E-state index in [0.717, 1.165) is 0 Å². The molecule has 1 rings (SSSR count). The summed E-state index contributed by atoms with van der Waals surface area (Å²) in [5, 5.41) is 42.3. The highest BCUT2D eigenvalue weighted by Crippen LogP contribution is 2.19. The average molecular weight is 275 g/mol. The number of rotatable bonds is 4. The molecule has 0 aliphatic heterocycles. The summed E-state index contributed by atoms with van der Waals surface area (Å²) in [4.78, 5) is 18.2. The Morgan fingerprint density at radius 3 is 1.95 bits per heavy atom. The zero-order chi connectivity index (χ0) is 15.0. The molecule has 1 aromatic carbocycles. The third kappa shape index (κ3) is 6.26. The second-order valence-electron chi connectivity index (χ2n) is 3.38. The van der Waals surface area contributed by atoms with Gasteiger partial charge in [0.05, 0.1) is 23.7 Å². The smallest absolute Gasteiger partial charge is 0.291 e. The number of benzene rings is 1. The van der Waals surface area contributed by atoms with Crippen LogP contribution in [0.5, 0.6) is 0 Å². The summed E-state index contributed by atoms with van der Waals surface area (Å²) in [6.45, 7) is -0.349. The summed E-state index contributed by atoms with van der Waals surface area (Å²) in [6.07, 6.45) is -1.02. The predicted molar refractivity (Wildman–Crippen MR) is 61.9 cm³/mol. The molecule has 10 heteroatoms. The van der Waals surface area contributed by atoms with Gasteiger partial charge in [-0.05, 0) is 17.7 Å². The Morgan fingerprint density at radius 1 is 1.21 bits per heavy atom. The van der Waals surface area contributed by atoms with E-state index in [1.165, 1.54) is 24.3 Å². The molecule has 5 N–H and O–H groups in total. The largest absolute Gasteiger partial charge is 0.395 e. The van der Waals surface area contributed by atoms with Crippen LogP contribution in [0.3, 0.4) is 0 Å². The Hall–Kier alpha value is -2.30. The van der Waals surface area contributed by atoms with Gasteiger partial charge in [0, 0.05) is 12.1 Å². The number of nitrogens with two attached hydrogens (primary N) is 1. The first kappa shape index (κ1) is 16.7. The van der Waals surface area contributed by atoms with Crippen molar-refractivity contribution in [1.29, 1.82) is 0 Å². The SMILES string of the molecule is N[C@H](CO)[C@H](O)c1ccc([N+](=O)[O-])cc1.O=[N+]([O-])O. The Morgan fingerprint density at radius 2 is 1.63 bits per heavy atom. The molecule has 106 valence electrons. The monoisotopic (exact) mass is 275 g/mol. The minimum atomic E-state index is -1.50. The Kier molecular flexibility index (Phi) is 6.96. The number of hydrogen-bond acceptors (Lipinski definition) is 7. The van der Waals surface area contributed by atoms with E-state index in [-0.39, 0.29) is 12.3 Å². The lowest BCUT2D eigenvalue weighted by Crippen LogP contribution is -2.31. The summed E-state index contributed by atoms with van der Waals surface area (Å²) in [6, 6.07) is 4.61. The summed E-state index contributed by atoms with van der Waals surface area (Å²) < 4.78 is 0. The Labute approximate surface area is 107 Å². The summed E-state index contributed by atoms with van der Waals surface area (Å²) in [5.41, 5.74) is 5.81. The molecule has 2 atom stereocenters. The number of aliphatic hydroxyl groups excluding tert-OH is 2. The fourth-order valence-electron chi connectivity index (χ4n) is 1.14. The van der Waals surface area contributed by atoms with Gasteiger partial charge in [0.1, 0.15) is 0 Å². The highest BCUT2D eigenvalue weighted by Gasteiger charge is 2.16. The van der Waals surface area contributed by atoms with Crippen molar-refractivity contribution < 1.29 is 25.4 Å². The maximum absolute atomic E-state index is 10.4. The number of hydrogen-bond donors (Lipinski definition) is 4. The van der Waals surface area contributed by atoms with Crippen LogP contribution >= 0.6 is 0 Å². The molecule has 0 fully saturated rings. The van der Waals surface area contributed by atoms with Gasteiger partial charge in [-0.1, -0.05) is 0 Å². The van der Waals surface area contributed by atoms with Crippen LogP contribution < -0.4 is 5.73 Å². The highest BCUT2D eigenvalue weighted by atomic mass is 16.9. The average Bonchev–Trinajstić information content (AvgIpc) is 2.36. The van der Waals surface area contributed by atoms with E-state index in [9.17, 15) is 15.2 Å². The van der Waals surface area contributed by atoms with Crippen LogP contribution in [-0.2, 0) is 0 Å². The fraction of sp³-hybridized carbons (Fsp3) is 0.333. The zero-order valence-electron chi connectivity index (χ0n) is 9.62. The summed E-state index contributed by atoms with van der Waals surface area (Å²) >= 11 is 0. The highest BCUT2D eigenvalue weighted by molar-refractivity contribution is 5.34. The topological polar surface area (TPSA) is 173 Å². The molecule has 0 amide bonds. The van der Waals surface area contributed by atoms with Crippen molar-refractivity contribution in [2.45, 2.75) is 12.1 Å². The van der Waals surface area contributed by atoms with Gasteiger partial charge in [-0.15, -0.1) is 10.1 Å². The number of nitro benzene ring substituents is 1. The molecular weight excluding hydrogens is 262 g/mol. The van der Waals surface area contributed by atoms with Crippen molar-refractivity contribution >= 4 is 5.69 Å². The van der Waals surface area contributed by atoms with Gasteiger partial charge in [0.25, 0.3) is 10.8 Å². The standard InChI is InChI=1S/C9H12N2O4.HNO3/c10-8(5-12)9(13)6-1-3-7(4-2-6)11(14)15;2-1(3)4/h1-4,8-9,12-13H,5,10H2;(H,2,3,4)/t8-,9-;/m1./s1. The molecule has 10 nitrogen and oxygen atoms in total. The van der Waals surface area contributed by atoms with Crippen molar-refractivity contribution in [3.63, 3.8) is 0 Å². The number of nitrogens with zero attached hydrogens (tertiary/aromatic N) is 2. The van der Waals surface area contributed by atoms with Crippen LogP contribution in [0.2, 0.25) is 0 Å². The zero-order valence-corrected chi connectivity index (χ0v) is 9.62. The van der Waals surface area contributed by atoms with E-state index in [1.807, 2.05) is 0 Å². The van der Waals surface area contributed by atoms with Gasteiger partial charge < -0.3 is 21.2 Å². The minimum absolute atomic E-state index is 0.0523. The number of non-ortho nitro benzene ring substituents is 1. The Balaban J connectivity index is 0.000000711.